The van der Waals surface area contributed by atoms with Crippen LogP contribution >= 0.6 is 0 Å². The first-order valence-corrected chi connectivity index (χ1v) is 20.6. The molecule has 0 saturated heterocycles. The summed E-state index contributed by atoms with van der Waals surface area (Å²) in [6, 6.07) is 87.7. The lowest BCUT2D eigenvalue weighted by Gasteiger charge is -2.28. The monoisotopic (exact) mass is 764 g/mol. The van der Waals surface area contributed by atoms with Crippen molar-refractivity contribution in [2.45, 2.75) is 0 Å². The van der Waals surface area contributed by atoms with Gasteiger partial charge in [-0.1, -0.05) is 188 Å². The standard InChI is InChI=1S/C58H40N2/c1-3-13-41(14-4-1)43-23-25-48(26-24-43)52-18-9-11-21-55(52)59(49-34-27-44(28-35-49)42-15-5-2-6-16-42)50-36-29-45(30-37-50)46-31-38-51(39-32-46)60-56-22-12-10-20-54(56)58-53-19-8-7-17-47(53)33-40-57(58)60/h1-40H. The van der Waals surface area contributed by atoms with Gasteiger partial charge in [-0.05, 0) is 104 Å². The summed E-state index contributed by atoms with van der Waals surface area (Å²) in [5.74, 6) is 0. The third-order valence-corrected chi connectivity index (χ3v) is 11.8. The van der Waals surface area contributed by atoms with E-state index >= 15 is 0 Å². The number of para-hydroxylation sites is 2. The highest BCUT2D eigenvalue weighted by molar-refractivity contribution is 6.21. The smallest absolute Gasteiger partial charge is 0.0547 e. The number of anilines is 3. The summed E-state index contributed by atoms with van der Waals surface area (Å²) in [6.45, 7) is 0. The van der Waals surface area contributed by atoms with Gasteiger partial charge in [0.05, 0.1) is 16.7 Å². The maximum absolute atomic E-state index is 2.40. The van der Waals surface area contributed by atoms with Gasteiger partial charge < -0.3 is 9.47 Å². The molecule has 1 heterocycles. The summed E-state index contributed by atoms with van der Waals surface area (Å²) < 4.78 is 2.40. The third kappa shape index (κ3) is 6.32. The molecule has 10 aromatic carbocycles. The van der Waals surface area contributed by atoms with Crippen LogP contribution in [0, 0.1) is 0 Å². The average Bonchev–Trinajstić information content (AvgIpc) is 3.68. The Hall–Kier alpha value is -7.94. The molecule has 0 N–H and O–H groups in total. The summed E-state index contributed by atoms with van der Waals surface area (Å²) in [5, 5.41) is 5.12. The minimum Gasteiger partial charge on any atom is -0.310 e. The van der Waals surface area contributed by atoms with Gasteiger partial charge in [0, 0.05) is 33.4 Å². The molecule has 0 fully saturated rings. The second kappa shape index (κ2) is 15.1. The summed E-state index contributed by atoms with van der Waals surface area (Å²) in [4.78, 5) is 2.38. The summed E-state index contributed by atoms with van der Waals surface area (Å²) >= 11 is 0. The van der Waals surface area contributed by atoms with E-state index in [1.54, 1.807) is 0 Å². The van der Waals surface area contributed by atoms with E-state index in [-0.39, 0.29) is 0 Å². The zero-order chi connectivity index (χ0) is 39.8. The van der Waals surface area contributed by atoms with Crippen LogP contribution in [0.5, 0.6) is 0 Å². The van der Waals surface area contributed by atoms with Crippen molar-refractivity contribution in [1.29, 1.82) is 0 Å². The Balaban J connectivity index is 0.964. The SMILES string of the molecule is c1ccc(-c2ccc(-c3ccccc3N(c3ccc(-c4ccccc4)cc3)c3ccc(-c4ccc(-n5c6ccccc6c6c7ccccc7ccc65)cc4)cc3)cc2)cc1. The molecule has 282 valence electrons. The molecule has 0 aliphatic carbocycles. The van der Waals surface area contributed by atoms with E-state index in [4.69, 9.17) is 0 Å². The van der Waals surface area contributed by atoms with Crippen molar-refractivity contribution < 1.29 is 0 Å². The van der Waals surface area contributed by atoms with E-state index < -0.39 is 0 Å². The summed E-state index contributed by atoms with van der Waals surface area (Å²) in [5.41, 5.74) is 16.4. The van der Waals surface area contributed by atoms with E-state index in [1.165, 1.54) is 77.1 Å². The van der Waals surface area contributed by atoms with Gasteiger partial charge in [-0.25, -0.2) is 0 Å². The summed E-state index contributed by atoms with van der Waals surface area (Å²) in [6.07, 6.45) is 0. The predicted octanol–water partition coefficient (Wildman–Crippen LogP) is 16.1. The second-order valence-electron chi connectivity index (χ2n) is 15.3. The molecule has 11 aromatic rings. The van der Waals surface area contributed by atoms with Gasteiger partial charge >= 0.3 is 0 Å². The first-order valence-electron chi connectivity index (χ1n) is 20.6. The first kappa shape index (κ1) is 35.2. The highest BCUT2D eigenvalue weighted by Crippen LogP contribution is 2.43. The zero-order valence-electron chi connectivity index (χ0n) is 33.0. The Morgan fingerprint density at radius 1 is 0.283 bits per heavy atom. The fraction of sp³-hybridized carbons (Fsp3) is 0. The number of nitrogens with zero attached hydrogens (tertiary/aromatic N) is 2. The zero-order valence-corrected chi connectivity index (χ0v) is 33.0. The molecule has 0 atom stereocenters. The number of aromatic nitrogens is 1. The number of rotatable bonds is 8. The Bertz CT molecular complexity index is 3250. The maximum Gasteiger partial charge on any atom is 0.0547 e. The van der Waals surface area contributed by atoms with Crippen molar-refractivity contribution in [2.75, 3.05) is 4.90 Å². The maximum atomic E-state index is 2.40. The van der Waals surface area contributed by atoms with Gasteiger partial charge in [0.1, 0.15) is 0 Å². The Morgan fingerprint density at radius 3 is 1.35 bits per heavy atom. The van der Waals surface area contributed by atoms with Crippen LogP contribution in [0.3, 0.4) is 0 Å². The summed E-state index contributed by atoms with van der Waals surface area (Å²) in [7, 11) is 0. The van der Waals surface area contributed by atoms with Crippen LogP contribution in [0.2, 0.25) is 0 Å². The quantitative estimate of drug-likeness (QED) is 0.150. The van der Waals surface area contributed by atoms with E-state index in [1.807, 2.05) is 0 Å². The lowest BCUT2D eigenvalue weighted by Crippen LogP contribution is -2.11. The average molecular weight is 765 g/mol. The van der Waals surface area contributed by atoms with Gasteiger partial charge in [0.2, 0.25) is 0 Å². The molecule has 1 aromatic heterocycles. The van der Waals surface area contributed by atoms with E-state index in [9.17, 15) is 0 Å². The van der Waals surface area contributed by atoms with Gasteiger partial charge in [-0.3, -0.25) is 0 Å². The Morgan fingerprint density at radius 2 is 0.733 bits per heavy atom. The molecule has 0 bridgehead atoms. The highest BCUT2D eigenvalue weighted by atomic mass is 15.1. The van der Waals surface area contributed by atoms with Crippen molar-refractivity contribution in [3.63, 3.8) is 0 Å². The molecule has 0 amide bonds. The van der Waals surface area contributed by atoms with Crippen LogP contribution in [-0.4, -0.2) is 4.57 Å². The molecule has 0 spiro atoms. The van der Waals surface area contributed by atoms with Crippen molar-refractivity contribution >= 4 is 49.6 Å². The Kier molecular flexibility index (Phi) is 8.87. The minimum atomic E-state index is 1.09. The lowest BCUT2D eigenvalue weighted by atomic mass is 9.98. The molecule has 0 aliphatic rings. The van der Waals surface area contributed by atoms with Crippen LogP contribution < -0.4 is 4.90 Å². The molecule has 2 nitrogen and oxygen atoms in total. The minimum absolute atomic E-state index is 1.09. The first-order chi connectivity index (χ1) is 29.8. The topological polar surface area (TPSA) is 8.17 Å². The third-order valence-electron chi connectivity index (χ3n) is 11.8. The molecule has 0 radical (unpaired) electrons. The second-order valence-corrected chi connectivity index (χ2v) is 15.3. The van der Waals surface area contributed by atoms with E-state index in [0.29, 0.717) is 0 Å². The molecular weight excluding hydrogens is 725 g/mol. The molecular formula is C58H40N2. The van der Waals surface area contributed by atoms with E-state index in [0.717, 1.165) is 22.7 Å². The van der Waals surface area contributed by atoms with Crippen molar-refractivity contribution in [3.05, 3.63) is 243 Å². The van der Waals surface area contributed by atoms with Gasteiger partial charge in [-0.2, -0.15) is 0 Å². The van der Waals surface area contributed by atoms with Gasteiger partial charge in [-0.15, -0.1) is 0 Å². The normalized spacial score (nSPS) is 11.3. The molecule has 0 saturated carbocycles. The molecule has 11 rings (SSSR count). The Labute approximate surface area is 350 Å². The van der Waals surface area contributed by atoms with Crippen LogP contribution in [0.1, 0.15) is 0 Å². The molecule has 0 aliphatic heterocycles. The number of hydrogen-bond donors (Lipinski definition) is 0. The number of benzene rings is 10. The highest BCUT2D eigenvalue weighted by Gasteiger charge is 2.19. The van der Waals surface area contributed by atoms with E-state index in [2.05, 4.69) is 252 Å². The molecule has 60 heavy (non-hydrogen) atoms. The van der Waals surface area contributed by atoms with Crippen molar-refractivity contribution in [3.8, 4) is 50.2 Å². The van der Waals surface area contributed by atoms with Gasteiger partial charge in [0.25, 0.3) is 0 Å². The predicted molar refractivity (Wildman–Crippen MR) is 255 cm³/mol. The van der Waals surface area contributed by atoms with Crippen LogP contribution in [0.4, 0.5) is 17.1 Å². The number of hydrogen-bond acceptors (Lipinski definition) is 1. The van der Waals surface area contributed by atoms with Crippen molar-refractivity contribution in [1.82, 2.24) is 4.57 Å². The molecule has 2 heteroatoms. The molecule has 0 unspecified atom stereocenters. The van der Waals surface area contributed by atoms with Crippen molar-refractivity contribution in [2.24, 2.45) is 0 Å². The van der Waals surface area contributed by atoms with Crippen LogP contribution in [0.25, 0.3) is 82.8 Å². The number of fused-ring (bicyclic) bond motifs is 5. The largest absolute Gasteiger partial charge is 0.310 e. The van der Waals surface area contributed by atoms with Gasteiger partial charge in [0.15, 0.2) is 0 Å². The lowest BCUT2D eigenvalue weighted by molar-refractivity contribution is 1.18. The fourth-order valence-corrected chi connectivity index (χ4v) is 8.87. The van der Waals surface area contributed by atoms with Crippen LogP contribution in [-0.2, 0) is 0 Å². The fourth-order valence-electron chi connectivity index (χ4n) is 8.87. The van der Waals surface area contributed by atoms with Crippen LogP contribution in [0.15, 0.2) is 243 Å².